The summed E-state index contributed by atoms with van der Waals surface area (Å²) < 4.78 is 5.59. The number of aryl methyl sites for hydroxylation is 1. The molecule has 2 N–H and O–H groups in total. The molecular formula is C30H33N3O4. The number of ether oxygens (including phenoxy) is 1. The Balaban J connectivity index is 1.25. The van der Waals surface area contributed by atoms with E-state index < -0.39 is 5.92 Å². The van der Waals surface area contributed by atoms with Crippen LogP contribution in [0.3, 0.4) is 0 Å². The fourth-order valence-corrected chi connectivity index (χ4v) is 4.28. The Hall–Kier alpha value is -4.13. The van der Waals surface area contributed by atoms with Crippen LogP contribution in [0.4, 0.5) is 11.4 Å². The Morgan fingerprint density at radius 3 is 2.43 bits per heavy atom. The summed E-state index contributed by atoms with van der Waals surface area (Å²) in [5, 5.41) is 5.77. The van der Waals surface area contributed by atoms with Crippen LogP contribution in [-0.2, 0) is 20.9 Å². The van der Waals surface area contributed by atoms with E-state index >= 15 is 0 Å². The Morgan fingerprint density at radius 2 is 1.76 bits per heavy atom. The zero-order valence-corrected chi connectivity index (χ0v) is 21.5. The monoisotopic (exact) mass is 499 g/mol. The van der Waals surface area contributed by atoms with Crippen LogP contribution in [0.15, 0.2) is 72.8 Å². The number of hydrogen-bond acceptors (Lipinski definition) is 4. The number of carbonyl (C=O) groups excluding carboxylic acids is 3. The Bertz CT molecular complexity index is 1250. The molecule has 0 bridgehead atoms. The van der Waals surface area contributed by atoms with Crippen LogP contribution in [0.1, 0.15) is 42.9 Å². The second-order valence-electron chi connectivity index (χ2n) is 9.72. The molecule has 0 spiro atoms. The highest BCUT2D eigenvalue weighted by atomic mass is 16.5. The van der Waals surface area contributed by atoms with E-state index in [1.54, 1.807) is 29.2 Å². The van der Waals surface area contributed by atoms with Gasteiger partial charge in [0.05, 0.1) is 5.92 Å². The van der Waals surface area contributed by atoms with Crippen molar-refractivity contribution in [2.24, 2.45) is 5.92 Å². The summed E-state index contributed by atoms with van der Waals surface area (Å²) in [6.07, 6.45) is 0.176. The Labute approximate surface area is 217 Å². The van der Waals surface area contributed by atoms with Crippen LogP contribution >= 0.6 is 0 Å². The number of nitrogens with one attached hydrogen (secondary N) is 2. The van der Waals surface area contributed by atoms with Gasteiger partial charge in [-0.25, -0.2) is 0 Å². The summed E-state index contributed by atoms with van der Waals surface area (Å²) in [5.41, 5.74) is 4.76. The molecular weight excluding hydrogens is 466 g/mol. The molecule has 4 rings (SSSR count). The van der Waals surface area contributed by atoms with E-state index in [0.29, 0.717) is 30.4 Å². The van der Waals surface area contributed by atoms with E-state index in [9.17, 15) is 14.4 Å². The van der Waals surface area contributed by atoms with E-state index in [4.69, 9.17) is 4.74 Å². The number of benzene rings is 3. The SMILES string of the molecule is Cc1cccc(NC(=O)COc2ccc(N3C[C@@H](C(=O)NCc4ccc(C(C)C)cc4)CC3=O)cc2)c1. The molecule has 1 aliphatic heterocycles. The molecule has 1 atom stereocenters. The number of nitrogens with zero attached hydrogens (tertiary/aromatic N) is 1. The molecule has 7 heteroatoms. The number of rotatable bonds is 9. The maximum absolute atomic E-state index is 12.7. The summed E-state index contributed by atoms with van der Waals surface area (Å²) in [6.45, 7) is 6.89. The number of hydrogen-bond donors (Lipinski definition) is 2. The standard InChI is InChI=1S/C30H33N3O4/c1-20(2)23-9-7-22(8-10-23)17-31-30(36)24-16-29(35)33(18-24)26-11-13-27(14-12-26)37-19-28(34)32-25-6-4-5-21(3)15-25/h4-15,20,24H,16-19H2,1-3H3,(H,31,36)(H,32,34)/t24-/m0/s1. The van der Waals surface area contributed by atoms with Crippen molar-refractivity contribution in [1.29, 1.82) is 0 Å². The minimum absolute atomic E-state index is 0.0902. The molecule has 192 valence electrons. The van der Waals surface area contributed by atoms with Gasteiger partial charge in [-0.15, -0.1) is 0 Å². The lowest BCUT2D eigenvalue weighted by Gasteiger charge is -2.17. The average molecular weight is 500 g/mol. The van der Waals surface area contributed by atoms with Crippen molar-refractivity contribution in [3.05, 3.63) is 89.5 Å². The fraction of sp³-hybridized carbons (Fsp3) is 0.300. The van der Waals surface area contributed by atoms with Gasteiger partial charge in [-0.3, -0.25) is 14.4 Å². The van der Waals surface area contributed by atoms with Crippen LogP contribution in [0, 0.1) is 12.8 Å². The maximum Gasteiger partial charge on any atom is 0.262 e. The highest BCUT2D eigenvalue weighted by molar-refractivity contribution is 6.00. The smallest absolute Gasteiger partial charge is 0.262 e. The van der Waals surface area contributed by atoms with Gasteiger partial charge in [-0.2, -0.15) is 0 Å². The van der Waals surface area contributed by atoms with Gasteiger partial charge in [0, 0.05) is 30.9 Å². The second-order valence-corrected chi connectivity index (χ2v) is 9.72. The maximum atomic E-state index is 12.7. The van der Waals surface area contributed by atoms with Crippen LogP contribution in [-0.4, -0.2) is 30.9 Å². The quantitative estimate of drug-likeness (QED) is 0.443. The number of carbonyl (C=O) groups is 3. The highest BCUT2D eigenvalue weighted by Gasteiger charge is 2.35. The minimum atomic E-state index is -0.399. The van der Waals surface area contributed by atoms with Crippen molar-refractivity contribution < 1.29 is 19.1 Å². The molecule has 0 aromatic heterocycles. The Morgan fingerprint density at radius 1 is 1.03 bits per heavy atom. The molecule has 3 amide bonds. The molecule has 0 aliphatic carbocycles. The highest BCUT2D eigenvalue weighted by Crippen LogP contribution is 2.27. The summed E-state index contributed by atoms with van der Waals surface area (Å²) in [5.74, 6) is 0.115. The van der Waals surface area contributed by atoms with Gasteiger partial charge < -0.3 is 20.3 Å². The molecule has 1 heterocycles. The van der Waals surface area contributed by atoms with Crippen molar-refractivity contribution in [2.45, 2.75) is 39.7 Å². The molecule has 37 heavy (non-hydrogen) atoms. The van der Waals surface area contributed by atoms with E-state index in [2.05, 4.69) is 36.6 Å². The lowest BCUT2D eigenvalue weighted by Crippen LogP contribution is -2.32. The average Bonchev–Trinajstić information content (AvgIpc) is 3.28. The van der Waals surface area contributed by atoms with Crippen molar-refractivity contribution in [1.82, 2.24) is 5.32 Å². The lowest BCUT2D eigenvalue weighted by atomic mass is 10.0. The van der Waals surface area contributed by atoms with Crippen molar-refractivity contribution in [2.75, 3.05) is 23.4 Å². The van der Waals surface area contributed by atoms with Gasteiger partial charge in [0.15, 0.2) is 6.61 Å². The normalized spacial score (nSPS) is 15.1. The predicted octanol–water partition coefficient (Wildman–Crippen LogP) is 4.81. The van der Waals surface area contributed by atoms with Crippen LogP contribution in [0.5, 0.6) is 5.75 Å². The zero-order chi connectivity index (χ0) is 26.4. The molecule has 0 unspecified atom stereocenters. The van der Waals surface area contributed by atoms with Gasteiger partial charge >= 0.3 is 0 Å². The summed E-state index contributed by atoms with van der Waals surface area (Å²) >= 11 is 0. The van der Waals surface area contributed by atoms with Crippen LogP contribution in [0.25, 0.3) is 0 Å². The van der Waals surface area contributed by atoms with Gasteiger partial charge in [-0.05, 0) is 65.9 Å². The summed E-state index contributed by atoms with van der Waals surface area (Å²) in [4.78, 5) is 39.1. The fourth-order valence-electron chi connectivity index (χ4n) is 4.28. The molecule has 0 saturated carbocycles. The van der Waals surface area contributed by atoms with Crippen LogP contribution < -0.4 is 20.3 Å². The Kier molecular flexibility index (Phi) is 8.23. The van der Waals surface area contributed by atoms with Gasteiger partial charge in [0.1, 0.15) is 5.75 Å². The molecule has 3 aromatic carbocycles. The molecule has 7 nitrogen and oxygen atoms in total. The van der Waals surface area contributed by atoms with E-state index in [1.165, 1.54) is 5.56 Å². The van der Waals surface area contributed by atoms with E-state index in [-0.39, 0.29) is 30.7 Å². The zero-order valence-electron chi connectivity index (χ0n) is 21.5. The van der Waals surface area contributed by atoms with Crippen LogP contribution in [0.2, 0.25) is 0 Å². The summed E-state index contributed by atoms with van der Waals surface area (Å²) in [6, 6.07) is 22.7. The third kappa shape index (κ3) is 6.97. The molecule has 1 fully saturated rings. The second kappa shape index (κ2) is 11.7. The van der Waals surface area contributed by atoms with E-state index in [1.807, 2.05) is 43.3 Å². The first-order valence-corrected chi connectivity index (χ1v) is 12.5. The first-order valence-electron chi connectivity index (χ1n) is 12.5. The van der Waals surface area contributed by atoms with Gasteiger partial charge in [0.25, 0.3) is 5.91 Å². The molecule has 1 aliphatic rings. The van der Waals surface area contributed by atoms with E-state index in [0.717, 1.165) is 16.8 Å². The van der Waals surface area contributed by atoms with Gasteiger partial charge in [-0.1, -0.05) is 50.2 Å². The predicted molar refractivity (Wildman–Crippen MR) is 145 cm³/mol. The van der Waals surface area contributed by atoms with Crippen molar-refractivity contribution in [3.63, 3.8) is 0 Å². The first-order chi connectivity index (χ1) is 17.8. The third-order valence-corrected chi connectivity index (χ3v) is 6.43. The molecule has 3 aromatic rings. The molecule has 1 saturated heterocycles. The first kappa shape index (κ1) is 25.9. The topological polar surface area (TPSA) is 87.7 Å². The van der Waals surface area contributed by atoms with Gasteiger partial charge in [0.2, 0.25) is 11.8 Å². The summed E-state index contributed by atoms with van der Waals surface area (Å²) in [7, 11) is 0. The number of anilines is 2. The minimum Gasteiger partial charge on any atom is -0.484 e. The number of amides is 3. The lowest BCUT2D eigenvalue weighted by molar-refractivity contribution is -0.126. The van der Waals surface area contributed by atoms with Crippen molar-refractivity contribution >= 4 is 29.1 Å². The largest absolute Gasteiger partial charge is 0.484 e. The molecule has 0 radical (unpaired) electrons. The van der Waals surface area contributed by atoms with Crippen molar-refractivity contribution in [3.8, 4) is 5.75 Å². The third-order valence-electron chi connectivity index (χ3n) is 6.43.